The largest absolute Gasteiger partial charge is 0.433 e. The summed E-state index contributed by atoms with van der Waals surface area (Å²) in [4.78, 5) is 11.9. The highest BCUT2D eigenvalue weighted by atomic mass is 19.4. The number of carbonyl (C=O) groups is 1. The third-order valence-electron chi connectivity index (χ3n) is 2.44. The van der Waals surface area contributed by atoms with Crippen LogP contribution in [0, 0.1) is 6.92 Å². The van der Waals surface area contributed by atoms with Gasteiger partial charge < -0.3 is 4.52 Å². The van der Waals surface area contributed by atoms with Gasteiger partial charge in [-0.2, -0.15) is 23.0 Å². The Bertz CT molecular complexity index is 613. The minimum atomic E-state index is -4.66. The van der Waals surface area contributed by atoms with Crippen molar-refractivity contribution in [1.29, 1.82) is 0 Å². The molecule has 102 valence electrons. The van der Waals surface area contributed by atoms with Gasteiger partial charge in [0, 0.05) is 6.07 Å². The summed E-state index contributed by atoms with van der Waals surface area (Å²) in [6.45, 7) is 3.21. The molecule has 0 aliphatic carbocycles. The van der Waals surface area contributed by atoms with Crippen LogP contribution in [-0.2, 0) is 12.6 Å². The Morgan fingerprint density at radius 2 is 2.11 bits per heavy atom. The molecule has 2 aromatic heterocycles. The molecule has 5 nitrogen and oxygen atoms in total. The van der Waals surface area contributed by atoms with Crippen LogP contribution < -0.4 is 0 Å². The third-order valence-corrected chi connectivity index (χ3v) is 2.44. The van der Waals surface area contributed by atoms with E-state index < -0.39 is 17.8 Å². The summed E-state index contributed by atoms with van der Waals surface area (Å²) in [5.74, 6) is -1.28. The average Bonchev–Trinajstić information content (AvgIpc) is 2.93. The Balaban J connectivity index is 2.49. The highest BCUT2D eigenvalue weighted by molar-refractivity contribution is 5.93. The Kier molecular flexibility index (Phi) is 3.17. The molecule has 0 saturated carbocycles. The van der Waals surface area contributed by atoms with E-state index in [1.165, 1.54) is 6.07 Å². The molecule has 0 unspecified atom stereocenters. The molecule has 0 aliphatic rings. The maximum atomic E-state index is 12.8. The van der Waals surface area contributed by atoms with E-state index in [0.29, 0.717) is 16.8 Å². The summed E-state index contributed by atoms with van der Waals surface area (Å²) < 4.78 is 43.4. The van der Waals surface area contributed by atoms with Gasteiger partial charge in [-0.25, -0.2) is 0 Å². The molecule has 0 aromatic carbocycles. The van der Waals surface area contributed by atoms with E-state index in [-0.39, 0.29) is 11.5 Å². The van der Waals surface area contributed by atoms with Gasteiger partial charge in [0.25, 0.3) is 0 Å². The second-order valence-corrected chi connectivity index (χ2v) is 3.92. The molecule has 0 N–H and O–H groups in total. The van der Waals surface area contributed by atoms with Gasteiger partial charge in [0.05, 0.1) is 11.4 Å². The van der Waals surface area contributed by atoms with Crippen molar-refractivity contribution in [3.63, 3.8) is 0 Å². The van der Waals surface area contributed by atoms with Crippen LogP contribution in [0.15, 0.2) is 16.7 Å². The van der Waals surface area contributed by atoms with Crippen LogP contribution in [0.4, 0.5) is 13.2 Å². The number of rotatable bonds is 2. The van der Waals surface area contributed by atoms with Crippen molar-refractivity contribution < 1.29 is 22.5 Å². The lowest BCUT2D eigenvalue weighted by Crippen LogP contribution is -2.21. The van der Waals surface area contributed by atoms with Crippen LogP contribution in [0.2, 0.25) is 0 Å². The van der Waals surface area contributed by atoms with Crippen LogP contribution in [0.5, 0.6) is 0 Å². The average molecular weight is 273 g/mol. The zero-order valence-electron chi connectivity index (χ0n) is 10.2. The van der Waals surface area contributed by atoms with Gasteiger partial charge in [-0.05, 0) is 19.4 Å². The topological polar surface area (TPSA) is 60.9 Å². The first-order valence-electron chi connectivity index (χ1n) is 5.47. The second-order valence-electron chi connectivity index (χ2n) is 3.92. The Morgan fingerprint density at radius 3 is 2.58 bits per heavy atom. The number of halogens is 3. The number of hydrogen-bond acceptors (Lipinski definition) is 4. The fourth-order valence-electron chi connectivity index (χ4n) is 1.53. The normalized spacial score (nSPS) is 11.8. The van der Waals surface area contributed by atoms with Crippen LogP contribution in [0.3, 0.4) is 0 Å². The van der Waals surface area contributed by atoms with E-state index in [1.807, 2.05) is 0 Å². The fraction of sp³-hybridized carbons (Fsp3) is 0.364. The van der Waals surface area contributed by atoms with Crippen molar-refractivity contribution in [3.8, 4) is 0 Å². The number of hydrogen-bond donors (Lipinski definition) is 0. The summed E-state index contributed by atoms with van der Waals surface area (Å²) in [7, 11) is 0. The van der Waals surface area contributed by atoms with Crippen LogP contribution >= 0.6 is 0 Å². The Hall–Kier alpha value is -2.12. The van der Waals surface area contributed by atoms with Crippen molar-refractivity contribution in [2.75, 3.05) is 0 Å². The molecule has 0 spiro atoms. The van der Waals surface area contributed by atoms with Crippen molar-refractivity contribution in [3.05, 3.63) is 35.0 Å². The lowest BCUT2D eigenvalue weighted by atomic mass is 10.3. The van der Waals surface area contributed by atoms with Crippen LogP contribution in [0.1, 0.15) is 34.6 Å². The fourth-order valence-corrected chi connectivity index (χ4v) is 1.53. The summed E-state index contributed by atoms with van der Waals surface area (Å²) in [6, 6.07) is 2.11. The van der Waals surface area contributed by atoms with Gasteiger partial charge >= 0.3 is 12.1 Å². The molecule has 0 saturated heterocycles. The van der Waals surface area contributed by atoms with Gasteiger partial charge in [-0.1, -0.05) is 12.1 Å². The monoisotopic (exact) mass is 273 g/mol. The lowest BCUT2D eigenvalue weighted by molar-refractivity contribution is -0.143. The minimum Gasteiger partial charge on any atom is -0.351 e. The maximum Gasteiger partial charge on any atom is 0.433 e. The van der Waals surface area contributed by atoms with Crippen molar-refractivity contribution in [2.45, 2.75) is 26.4 Å². The molecule has 2 rings (SSSR count). The molecule has 0 atom stereocenters. The van der Waals surface area contributed by atoms with E-state index in [9.17, 15) is 18.0 Å². The Labute approximate surface area is 106 Å². The highest BCUT2D eigenvalue weighted by Crippen LogP contribution is 2.30. The predicted molar refractivity (Wildman–Crippen MR) is 57.6 cm³/mol. The van der Waals surface area contributed by atoms with Gasteiger partial charge in [-0.3, -0.25) is 4.79 Å². The molecule has 2 aromatic rings. The number of alkyl halides is 3. The van der Waals surface area contributed by atoms with Crippen molar-refractivity contribution >= 4 is 5.91 Å². The molecule has 0 fully saturated rings. The molecule has 8 heteroatoms. The first kappa shape index (κ1) is 13.3. The molecule has 19 heavy (non-hydrogen) atoms. The van der Waals surface area contributed by atoms with Crippen molar-refractivity contribution in [2.24, 2.45) is 0 Å². The smallest absolute Gasteiger partial charge is 0.351 e. The maximum absolute atomic E-state index is 12.8. The quantitative estimate of drug-likeness (QED) is 0.843. The zero-order chi connectivity index (χ0) is 14.2. The number of aryl methyl sites for hydroxylation is 2. The zero-order valence-corrected chi connectivity index (χ0v) is 10.2. The lowest BCUT2D eigenvalue weighted by Gasteiger charge is -2.06. The van der Waals surface area contributed by atoms with E-state index >= 15 is 0 Å². The van der Waals surface area contributed by atoms with Crippen molar-refractivity contribution in [1.82, 2.24) is 14.9 Å². The standard InChI is InChI=1S/C11H10F3N3O2/c1-3-7-5-9(11(12,13)14)17(15-7)10(18)8-4-6(2)16-19-8/h4-5H,3H2,1-2H3. The minimum absolute atomic E-state index is 0.178. The first-order valence-corrected chi connectivity index (χ1v) is 5.47. The Morgan fingerprint density at radius 1 is 1.42 bits per heavy atom. The molecule has 0 radical (unpaired) electrons. The summed E-state index contributed by atoms with van der Waals surface area (Å²) in [5.41, 5.74) is -0.542. The summed E-state index contributed by atoms with van der Waals surface area (Å²) in [6.07, 6.45) is -4.37. The highest BCUT2D eigenvalue weighted by Gasteiger charge is 2.38. The van der Waals surface area contributed by atoms with Crippen LogP contribution in [0.25, 0.3) is 0 Å². The second kappa shape index (κ2) is 4.52. The third kappa shape index (κ3) is 2.51. The molecular formula is C11H10F3N3O2. The summed E-state index contributed by atoms with van der Waals surface area (Å²) >= 11 is 0. The molecule has 2 heterocycles. The summed E-state index contributed by atoms with van der Waals surface area (Å²) in [5, 5.41) is 7.10. The predicted octanol–water partition coefficient (Wildman–Crippen LogP) is 2.45. The molecule has 0 bridgehead atoms. The first-order chi connectivity index (χ1) is 8.82. The van der Waals surface area contributed by atoms with E-state index in [4.69, 9.17) is 0 Å². The van der Waals surface area contributed by atoms with Gasteiger partial charge in [0.15, 0.2) is 5.69 Å². The molecule has 0 amide bonds. The van der Waals surface area contributed by atoms with E-state index in [2.05, 4.69) is 14.8 Å². The number of carbonyl (C=O) groups excluding carboxylic acids is 1. The molecular weight excluding hydrogens is 263 g/mol. The SMILES string of the molecule is CCc1cc(C(F)(F)F)n(C(=O)c2cc(C)no2)n1. The molecule has 0 aliphatic heterocycles. The number of nitrogens with zero attached hydrogens (tertiary/aromatic N) is 3. The van der Waals surface area contributed by atoms with E-state index in [1.54, 1.807) is 13.8 Å². The van der Waals surface area contributed by atoms with E-state index in [0.717, 1.165) is 6.07 Å². The van der Waals surface area contributed by atoms with Gasteiger partial charge in [-0.15, -0.1) is 0 Å². The van der Waals surface area contributed by atoms with Crippen LogP contribution in [-0.4, -0.2) is 20.8 Å². The van der Waals surface area contributed by atoms with Gasteiger partial charge in [0.1, 0.15) is 0 Å². The van der Waals surface area contributed by atoms with Gasteiger partial charge in [0.2, 0.25) is 5.76 Å². The number of aromatic nitrogens is 3.